The molecule has 130 valence electrons. The molecule has 0 amide bonds. The molecule has 0 heterocycles. The summed E-state index contributed by atoms with van der Waals surface area (Å²) in [6, 6.07) is 7.34. The van der Waals surface area contributed by atoms with Gasteiger partial charge in [-0.2, -0.15) is 0 Å². The van der Waals surface area contributed by atoms with E-state index in [2.05, 4.69) is 0 Å². The maximum Gasteiger partial charge on any atom is 0.311 e. The fourth-order valence-corrected chi connectivity index (χ4v) is 1.62. The lowest BCUT2D eigenvalue weighted by molar-refractivity contribution is -0.159. The van der Waals surface area contributed by atoms with Gasteiger partial charge in [-0.1, -0.05) is 12.1 Å². The van der Waals surface area contributed by atoms with Gasteiger partial charge >= 0.3 is 5.97 Å². The molecule has 6 nitrogen and oxygen atoms in total. The second-order valence-corrected chi connectivity index (χ2v) is 6.35. The molecule has 1 rings (SSSR count). The van der Waals surface area contributed by atoms with E-state index >= 15 is 0 Å². The number of carbonyl (C=O) groups excluding carboxylic acids is 1. The molecule has 0 bridgehead atoms. The van der Waals surface area contributed by atoms with Crippen LogP contribution in [-0.4, -0.2) is 48.7 Å². The monoisotopic (exact) mass is 326 g/mol. The van der Waals surface area contributed by atoms with Crippen LogP contribution in [0.15, 0.2) is 24.3 Å². The number of carbonyl (C=O) groups is 1. The quantitative estimate of drug-likeness (QED) is 0.705. The Hall–Kier alpha value is -1.63. The lowest BCUT2D eigenvalue weighted by Gasteiger charge is -2.21. The van der Waals surface area contributed by atoms with E-state index in [1.54, 1.807) is 27.9 Å². The molecule has 0 unspecified atom stereocenters. The van der Waals surface area contributed by atoms with E-state index in [0.29, 0.717) is 6.61 Å². The van der Waals surface area contributed by atoms with Crippen LogP contribution in [0.5, 0.6) is 5.75 Å². The fourth-order valence-electron chi connectivity index (χ4n) is 1.62. The van der Waals surface area contributed by atoms with Crippen LogP contribution in [0.25, 0.3) is 0 Å². The summed E-state index contributed by atoms with van der Waals surface area (Å²) in [6.07, 6.45) is -2.31. The molecule has 0 fully saturated rings. The van der Waals surface area contributed by atoms with Crippen molar-refractivity contribution in [3.05, 3.63) is 29.8 Å². The van der Waals surface area contributed by atoms with Crippen LogP contribution in [0.3, 0.4) is 0 Å². The Bertz CT molecular complexity index is 477. The first-order chi connectivity index (χ1) is 10.7. The third-order valence-corrected chi connectivity index (χ3v) is 3.16. The second kappa shape index (κ2) is 8.86. The Kier molecular flexibility index (Phi) is 7.48. The van der Waals surface area contributed by atoms with Crippen LogP contribution in [0.2, 0.25) is 0 Å². The highest BCUT2D eigenvalue weighted by Gasteiger charge is 2.25. The molecule has 0 aromatic heterocycles. The molecule has 23 heavy (non-hydrogen) atoms. The van der Waals surface area contributed by atoms with Crippen molar-refractivity contribution in [2.24, 2.45) is 5.41 Å². The van der Waals surface area contributed by atoms with Crippen molar-refractivity contribution in [3.8, 4) is 5.75 Å². The lowest BCUT2D eigenvalue weighted by atomic mass is 9.97. The molecule has 6 heteroatoms. The SMILES string of the molecule is COc1ccc(COC[C@@H](O)[C@H](O)COC(=O)C(C)(C)C)cc1. The van der Waals surface area contributed by atoms with Crippen molar-refractivity contribution in [3.63, 3.8) is 0 Å². The summed E-state index contributed by atoms with van der Waals surface area (Å²) in [5.41, 5.74) is 0.280. The average Bonchev–Trinajstić information content (AvgIpc) is 2.51. The minimum atomic E-state index is -1.18. The van der Waals surface area contributed by atoms with Gasteiger partial charge < -0.3 is 24.4 Å². The van der Waals surface area contributed by atoms with E-state index in [-0.39, 0.29) is 13.2 Å². The van der Waals surface area contributed by atoms with Gasteiger partial charge in [-0.3, -0.25) is 4.79 Å². The van der Waals surface area contributed by atoms with Crippen molar-refractivity contribution in [1.29, 1.82) is 0 Å². The molecule has 0 aliphatic rings. The van der Waals surface area contributed by atoms with Gasteiger partial charge in [0.25, 0.3) is 0 Å². The standard InChI is InChI=1S/C17H26O6/c1-17(2,3)16(20)23-11-15(19)14(18)10-22-9-12-5-7-13(21-4)8-6-12/h5-8,14-15,18-19H,9-11H2,1-4H3/t14-,15-/m1/s1. The zero-order valence-electron chi connectivity index (χ0n) is 14.1. The number of hydrogen-bond acceptors (Lipinski definition) is 6. The second-order valence-electron chi connectivity index (χ2n) is 6.35. The van der Waals surface area contributed by atoms with Crippen LogP contribution in [0.1, 0.15) is 26.3 Å². The molecule has 0 saturated carbocycles. The van der Waals surface area contributed by atoms with Crippen LogP contribution < -0.4 is 4.74 Å². The highest BCUT2D eigenvalue weighted by molar-refractivity contribution is 5.75. The molecule has 0 saturated heterocycles. The Balaban J connectivity index is 2.29. The van der Waals surface area contributed by atoms with Gasteiger partial charge in [-0.15, -0.1) is 0 Å². The summed E-state index contributed by atoms with van der Waals surface area (Å²) < 4.78 is 15.4. The van der Waals surface area contributed by atoms with Crippen molar-refractivity contribution in [2.75, 3.05) is 20.3 Å². The fraction of sp³-hybridized carbons (Fsp3) is 0.588. The zero-order chi connectivity index (χ0) is 17.5. The Morgan fingerprint density at radius 2 is 1.65 bits per heavy atom. The van der Waals surface area contributed by atoms with Gasteiger partial charge in [0.15, 0.2) is 0 Å². The Morgan fingerprint density at radius 3 is 2.17 bits per heavy atom. The van der Waals surface area contributed by atoms with E-state index in [9.17, 15) is 15.0 Å². The summed E-state index contributed by atoms with van der Waals surface area (Å²) >= 11 is 0. The maximum absolute atomic E-state index is 11.6. The summed E-state index contributed by atoms with van der Waals surface area (Å²) in [6.45, 7) is 5.14. The van der Waals surface area contributed by atoms with E-state index in [1.807, 2.05) is 24.3 Å². The van der Waals surface area contributed by atoms with Gasteiger partial charge in [-0.05, 0) is 38.5 Å². The van der Waals surface area contributed by atoms with Crippen LogP contribution in [-0.2, 0) is 20.9 Å². The topological polar surface area (TPSA) is 85.2 Å². The zero-order valence-corrected chi connectivity index (χ0v) is 14.1. The van der Waals surface area contributed by atoms with Crippen molar-refractivity contribution >= 4 is 5.97 Å². The van der Waals surface area contributed by atoms with Crippen molar-refractivity contribution < 1.29 is 29.2 Å². The normalized spacial score (nSPS) is 14.2. The summed E-state index contributed by atoms with van der Waals surface area (Å²) in [4.78, 5) is 11.6. The van der Waals surface area contributed by atoms with Crippen molar-refractivity contribution in [2.45, 2.75) is 39.6 Å². The van der Waals surface area contributed by atoms with Crippen molar-refractivity contribution in [1.82, 2.24) is 0 Å². The predicted molar refractivity (Wildman–Crippen MR) is 85.1 cm³/mol. The highest BCUT2D eigenvalue weighted by atomic mass is 16.5. The van der Waals surface area contributed by atoms with Gasteiger partial charge in [-0.25, -0.2) is 0 Å². The van der Waals surface area contributed by atoms with Gasteiger partial charge in [0, 0.05) is 0 Å². The van der Waals surface area contributed by atoms with Crippen LogP contribution >= 0.6 is 0 Å². The molecule has 2 N–H and O–H groups in total. The largest absolute Gasteiger partial charge is 0.497 e. The van der Waals surface area contributed by atoms with E-state index in [1.165, 1.54) is 0 Å². The minimum absolute atomic E-state index is 0.0553. The third kappa shape index (κ3) is 6.99. The molecule has 0 aliphatic carbocycles. The highest BCUT2D eigenvalue weighted by Crippen LogP contribution is 2.15. The van der Waals surface area contributed by atoms with E-state index < -0.39 is 23.6 Å². The molecule has 1 aromatic carbocycles. The van der Waals surface area contributed by atoms with E-state index in [0.717, 1.165) is 11.3 Å². The molecule has 1 aromatic rings. The number of esters is 1. The molecule has 0 aliphatic heterocycles. The Morgan fingerprint density at radius 1 is 1.09 bits per heavy atom. The van der Waals surface area contributed by atoms with E-state index in [4.69, 9.17) is 14.2 Å². The summed E-state index contributed by atoms with van der Waals surface area (Å²) in [7, 11) is 1.59. The number of rotatable bonds is 8. The number of benzene rings is 1. The first kappa shape index (κ1) is 19.4. The number of aliphatic hydroxyl groups is 2. The van der Waals surface area contributed by atoms with Crippen LogP contribution in [0.4, 0.5) is 0 Å². The number of hydrogen-bond donors (Lipinski definition) is 2. The molecular formula is C17H26O6. The minimum Gasteiger partial charge on any atom is -0.497 e. The molecule has 0 radical (unpaired) electrons. The first-order valence-corrected chi connectivity index (χ1v) is 7.48. The van der Waals surface area contributed by atoms with Gasteiger partial charge in [0.2, 0.25) is 0 Å². The summed E-state index contributed by atoms with van der Waals surface area (Å²) in [5.74, 6) is 0.327. The predicted octanol–water partition coefficient (Wildman–Crippen LogP) is 1.52. The molecule has 0 spiro atoms. The third-order valence-electron chi connectivity index (χ3n) is 3.16. The molecule has 2 atom stereocenters. The number of methoxy groups -OCH3 is 1. The Labute approximate surface area is 137 Å². The molecular weight excluding hydrogens is 300 g/mol. The first-order valence-electron chi connectivity index (χ1n) is 7.48. The lowest BCUT2D eigenvalue weighted by Crippen LogP contribution is -2.36. The van der Waals surface area contributed by atoms with Gasteiger partial charge in [0.1, 0.15) is 24.6 Å². The average molecular weight is 326 g/mol. The smallest absolute Gasteiger partial charge is 0.311 e. The number of ether oxygens (including phenoxy) is 3. The van der Waals surface area contributed by atoms with Crippen LogP contribution in [0, 0.1) is 5.41 Å². The van der Waals surface area contributed by atoms with Gasteiger partial charge in [0.05, 0.1) is 25.7 Å². The number of aliphatic hydroxyl groups excluding tert-OH is 2. The summed E-state index contributed by atoms with van der Waals surface area (Å²) in [5, 5.41) is 19.6. The maximum atomic E-state index is 11.6.